The third kappa shape index (κ3) is 4.22. The van der Waals surface area contributed by atoms with Gasteiger partial charge in [-0.15, -0.1) is 0 Å². The van der Waals surface area contributed by atoms with E-state index in [0.29, 0.717) is 11.3 Å². The summed E-state index contributed by atoms with van der Waals surface area (Å²) in [5.74, 6) is 0.207. The van der Waals surface area contributed by atoms with Crippen molar-refractivity contribution in [3.05, 3.63) is 77.9 Å². The number of rotatable bonds is 6. The molecule has 0 radical (unpaired) electrons. The van der Waals surface area contributed by atoms with Gasteiger partial charge in [-0.25, -0.2) is 4.79 Å². The Morgan fingerprint density at radius 3 is 2.13 bits per heavy atom. The minimum Gasteiger partial charge on any atom is -0.457 e. The Labute approximate surface area is 137 Å². The Bertz CT molecular complexity index is 670. The van der Waals surface area contributed by atoms with Crippen molar-refractivity contribution in [2.75, 3.05) is 6.79 Å². The molecule has 2 rings (SSSR count). The third-order valence-corrected chi connectivity index (χ3v) is 3.84. The van der Waals surface area contributed by atoms with Crippen LogP contribution in [0.5, 0.6) is 5.75 Å². The maximum atomic E-state index is 11.3. The van der Waals surface area contributed by atoms with Gasteiger partial charge in [-0.05, 0) is 30.2 Å². The van der Waals surface area contributed by atoms with Crippen molar-refractivity contribution >= 4 is 5.97 Å². The first-order valence-electron chi connectivity index (χ1n) is 7.53. The van der Waals surface area contributed by atoms with E-state index in [9.17, 15) is 4.79 Å². The molecule has 23 heavy (non-hydrogen) atoms. The van der Waals surface area contributed by atoms with Gasteiger partial charge in [-0.3, -0.25) is 0 Å². The Kier molecular flexibility index (Phi) is 5.22. The van der Waals surface area contributed by atoms with Crippen LogP contribution in [0.2, 0.25) is 0 Å². The van der Waals surface area contributed by atoms with Gasteiger partial charge in [-0.1, -0.05) is 62.9 Å². The van der Waals surface area contributed by atoms with Gasteiger partial charge in [0, 0.05) is 11.0 Å². The summed E-state index contributed by atoms with van der Waals surface area (Å²) >= 11 is 0. The van der Waals surface area contributed by atoms with Crippen LogP contribution in [0.4, 0.5) is 0 Å². The lowest BCUT2D eigenvalue weighted by atomic mass is 9.78. The lowest BCUT2D eigenvalue weighted by Gasteiger charge is -2.26. The van der Waals surface area contributed by atoms with Crippen LogP contribution in [-0.2, 0) is 14.9 Å². The molecule has 0 aromatic heterocycles. The number of esters is 1. The second-order valence-electron chi connectivity index (χ2n) is 5.99. The summed E-state index contributed by atoms with van der Waals surface area (Å²) in [6, 6.07) is 18.2. The van der Waals surface area contributed by atoms with Gasteiger partial charge in [0.1, 0.15) is 5.75 Å². The molecular weight excluding hydrogens is 288 g/mol. The van der Waals surface area contributed by atoms with Crippen LogP contribution in [0, 0.1) is 0 Å². The maximum Gasteiger partial charge on any atom is 0.335 e. The molecule has 0 aliphatic rings. The molecule has 2 aromatic carbocycles. The molecule has 0 unspecified atom stereocenters. The van der Waals surface area contributed by atoms with Crippen molar-refractivity contribution in [1.82, 2.24) is 0 Å². The van der Waals surface area contributed by atoms with Crippen molar-refractivity contribution in [2.45, 2.75) is 26.2 Å². The van der Waals surface area contributed by atoms with Crippen LogP contribution in [-0.4, -0.2) is 12.8 Å². The van der Waals surface area contributed by atoms with E-state index >= 15 is 0 Å². The Balaban J connectivity index is 2.02. The molecule has 0 atom stereocenters. The third-order valence-electron chi connectivity index (χ3n) is 3.84. The highest BCUT2D eigenvalue weighted by atomic mass is 16.7. The van der Waals surface area contributed by atoms with Crippen LogP contribution in [0.25, 0.3) is 0 Å². The minimum atomic E-state index is -0.452. The Morgan fingerprint density at radius 2 is 1.57 bits per heavy atom. The average Bonchev–Trinajstić information content (AvgIpc) is 2.56. The second-order valence-corrected chi connectivity index (χ2v) is 5.99. The van der Waals surface area contributed by atoms with Gasteiger partial charge >= 0.3 is 5.97 Å². The van der Waals surface area contributed by atoms with E-state index in [1.54, 1.807) is 6.92 Å². The molecule has 0 heterocycles. The zero-order valence-corrected chi connectivity index (χ0v) is 13.8. The van der Waals surface area contributed by atoms with Gasteiger partial charge < -0.3 is 9.47 Å². The highest BCUT2D eigenvalue weighted by Crippen LogP contribution is 2.32. The number of hydrogen-bond acceptors (Lipinski definition) is 3. The van der Waals surface area contributed by atoms with Gasteiger partial charge in [0.15, 0.2) is 0 Å². The van der Waals surface area contributed by atoms with Crippen LogP contribution < -0.4 is 4.74 Å². The number of carbonyl (C=O) groups excluding carboxylic acids is 1. The predicted octanol–water partition coefficient (Wildman–Crippen LogP) is 4.47. The molecule has 0 amide bonds. The zero-order chi connectivity index (χ0) is 16.9. The number of carbonyl (C=O) groups is 1. The number of benzene rings is 2. The minimum absolute atomic E-state index is 0.0911. The van der Waals surface area contributed by atoms with E-state index in [1.165, 1.54) is 11.1 Å². The monoisotopic (exact) mass is 310 g/mol. The highest BCUT2D eigenvalue weighted by Gasteiger charge is 2.22. The van der Waals surface area contributed by atoms with E-state index < -0.39 is 5.97 Å². The summed E-state index contributed by atoms with van der Waals surface area (Å²) in [6.45, 7) is 9.37. The van der Waals surface area contributed by atoms with Gasteiger partial charge in [0.2, 0.25) is 6.79 Å². The Morgan fingerprint density at radius 1 is 1.00 bits per heavy atom. The lowest BCUT2D eigenvalue weighted by Crippen LogP contribution is -2.18. The zero-order valence-electron chi connectivity index (χ0n) is 13.8. The molecule has 3 nitrogen and oxygen atoms in total. The van der Waals surface area contributed by atoms with E-state index in [1.807, 2.05) is 42.5 Å². The summed E-state index contributed by atoms with van der Waals surface area (Å²) in [5, 5.41) is 0. The summed E-state index contributed by atoms with van der Waals surface area (Å²) in [6.07, 6.45) is 0. The Hall–Kier alpha value is -2.55. The molecule has 0 saturated heterocycles. The van der Waals surface area contributed by atoms with E-state index in [4.69, 9.17) is 9.47 Å². The number of ether oxygens (including phenoxy) is 2. The molecule has 3 heteroatoms. The SMILES string of the molecule is C=C(C)C(=O)OCOc1ccc(C(C)(C)c2ccccc2)cc1. The molecule has 0 bridgehead atoms. The molecule has 0 spiro atoms. The van der Waals surface area contributed by atoms with Gasteiger partial charge in [-0.2, -0.15) is 0 Å². The maximum absolute atomic E-state index is 11.3. The van der Waals surface area contributed by atoms with Crippen LogP contribution in [0.15, 0.2) is 66.7 Å². The second kappa shape index (κ2) is 7.14. The van der Waals surface area contributed by atoms with Gasteiger partial charge in [0.25, 0.3) is 0 Å². The van der Waals surface area contributed by atoms with Crippen molar-refractivity contribution in [3.8, 4) is 5.75 Å². The van der Waals surface area contributed by atoms with Crippen LogP contribution in [0.1, 0.15) is 31.9 Å². The predicted molar refractivity (Wildman–Crippen MR) is 91.4 cm³/mol. The fourth-order valence-corrected chi connectivity index (χ4v) is 2.26. The largest absolute Gasteiger partial charge is 0.457 e. The summed E-state index contributed by atoms with van der Waals surface area (Å²) in [5.41, 5.74) is 2.71. The fourth-order valence-electron chi connectivity index (χ4n) is 2.26. The van der Waals surface area contributed by atoms with E-state index in [-0.39, 0.29) is 12.2 Å². The molecule has 0 saturated carbocycles. The molecule has 0 fully saturated rings. The summed E-state index contributed by atoms with van der Waals surface area (Å²) in [7, 11) is 0. The molecule has 0 aliphatic heterocycles. The quantitative estimate of drug-likeness (QED) is 0.449. The van der Waals surface area contributed by atoms with Crippen molar-refractivity contribution < 1.29 is 14.3 Å². The van der Waals surface area contributed by atoms with Crippen molar-refractivity contribution in [2.24, 2.45) is 0 Å². The summed E-state index contributed by atoms with van der Waals surface area (Å²) < 4.78 is 10.3. The van der Waals surface area contributed by atoms with Crippen molar-refractivity contribution in [3.63, 3.8) is 0 Å². The van der Waals surface area contributed by atoms with E-state index in [0.717, 1.165) is 0 Å². The van der Waals surface area contributed by atoms with E-state index in [2.05, 4.69) is 32.6 Å². The molecule has 0 N–H and O–H groups in total. The first-order chi connectivity index (χ1) is 10.9. The highest BCUT2D eigenvalue weighted by molar-refractivity contribution is 5.86. The van der Waals surface area contributed by atoms with Crippen LogP contribution in [0.3, 0.4) is 0 Å². The molecular formula is C20H22O3. The first-order valence-corrected chi connectivity index (χ1v) is 7.53. The van der Waals surface area contributed by atoms with Crippen LogP contribution >= 0.6 is 0 Å². The lowest BCUT2D eigenvalue weighted by molar-refractivity contribution is -0.145. The normalized spacial score (nSPS) is 10.9. The average molecular weight is 310 g/mol. The standard InChI is InChI=1S/C20H22O3/c1-15(2)19(21)23-14-22-18-12-10-17(11-13-18)20(3,4)16-8-6-5-7-9-16/h5-13H,1,14H2,2-4H3. The smallest absolute Gasteiger partial charge is 0.335 e. The summed E-state index contributed by atoms with van der Waals surface area (Å²) in [4.78, 5) is 11.3. The molecule has 120 valence electrons. The number of hydrogen-bond donors (Lipinski definition) is 0. The van der Waals surface area contributed by atoms with Crippen molar-refractivity contribution in [1.29, 1.82) is 0 Å². The fraction of sp³-hybridized carbons (Fsp3) is 0.250. The van der Waals surface area contributed by atoms with Gasteiger partial charge in [0.05, 0.1) is 0 Å². The first kappa shape index (κ1) is 16.8. The molecule has 2 aromatic rings. The molecule has 0 aliphatic carbocycles. The topological polar surface area (TPSA) is 35.5 Å².